The Balaban J connectivity index is 1.38. The first-order valence-electron chi connectivity index (χ1n) is 10.8. The summed E-state index contributed by atoms with van der Waals surface area (Å²) in [6, 6.07) is 21.4. The molecular formula is C25H20N6O5. The third-order valence-corrected chi connectivity index (χ3v) is 4.93. The molecule has 0 aliphatic rings. The van der Waals surface area contributed by atoms with Crippen molar-refractivity contribution in [3.63, 3.8) is 0 Å². The number of esters is 1. The number of para-hydroxylation sites is 2. The minimum atomic E-state index is -0.808. The van der Waals surface area contributed by atoms with Crippen molar-refractivity contribution in [3.05, 3.63) is 102 Å². The van der Waals surface area contributed by atoms with Gasteiger partial charge in [-0.3, -0.25) is 14.4 Å². The molecule has 11 heteroatoms. The van der Waals surface area contributed by atoms with Crippen LogP contribution in [0.25, 0.3) is 0 Å². The maximum absolute atomic E-state index is 12.8. The lowest BCUT2D eigenvalue weighted by Crippen LogP contribution is -2.24. The van der Waals surface area contributed by atoms with Crippen LogP contribution >= 0.6 is 0 Å². The van der Waals surface area contributed by atoms with Gasteiger partial charge in [-0.05, 0) is 34.7 Å². The van der Waals surface area contributed by atoms with Crippen LogP contribution in [0.2, 0.25) is 0 Å². The van der Waals surface area contributed by atoms with Gasteiger partial charge in [0.25, 0.3) is 5.91 Å². The molecule has 4 aromatic rings. The highest BCUT2D eigenvalue weighted by atomic mass is 16.5. The lowest BCUT2D eigenvalue weighted by molar-refractivity contribution is -0.119. The van der Waals surface area contributed by atoms with Gasteiger partial charge < -0.3 is 15.4 Å². The van der Waals surface area contributed by atoms with Gasteiger partial charge in [0, 0.05) is 11.1 Å². The van der Waals surface area contributed by atoms with Crippen molar-refractivity contribution < 1.29 is 23.9 Å². The van der Waals surface area contributed by atoms with Crippen LogP contribution in [0.3, 0.4) is 0 Å². The van der Waals surface area contributed by atoms with Gasteiger partial charge in [-0.25, -0.2) is 9.48 Å². The van der Waals surface area contributed by atoms with Gasteiger partial charge in [0.1, 0.15) is 12.9 Å². The summed E-state index contributed by atoms with van der Waals surface area (Å²) in [4.78, 5) is 50.2. The zero-order valence-electron chi connectivity index (χ0n) is 18.8. The zero-order valence-corrected chi connectivity index (χ0v) is 18.8. The average Bonchev–Trinajstić information content (AvgIpc) is 3.41. The van der Waals surface area contributed by atoms with Crippen LogP contribution in [-0.2, 0) is 20.9 Å². The summed E-state index contributed by atoms with van der Waals surface area (Å²) in [7, 11) is 0. The van der Waals surface area contributed by atoms with E-state index in [1.165, 1.54) is 23.1 Å². The molecular weight excluding hydrogens is 464 g/mol. The van der Waals surface area contributed by atoms with Crippen LogP contribution < -0.4 is 10.6 Å². The standard InChI is InChI=1S/C25H20N6O5/c32-22(14-31-16-26-29-30-31)27-21-13-7-5-11-19(21)25(35)36-15-23(33)28-20-12-6-4-10-18(20)24(34)17-8-2-1-3-9-17/h1-13,16H,14-15H2,(H,27,32)(H,28,33). The molecule has 0 aliphatic carbocycles. The normalized spacial score (nSPS) is 10.3. The first kappa shape index (κ1) is 24.0. The molecule has 4 rings (SSSR count). The van der Waals surface area contributed by atoms with E-state index in [0.29, 0.717) is 16.8 Å². The van der Waals surface area contributed by atoms with E-state index < -0.39 is 24.4 Å². The van der Waals surface area contributed by atoms with E-state index in [1.54, 1.807) is 66.7 Å². The largest absolute Gasteiger partial charge is 0.452 e. The Morgan fingerprint density at radius 1 is 0.750 bits per heavy atom. The summed E-state index contributed by atoms with van der Waals surface area (Å²) in [5, 5.41) is 15.7. The van der Waals surface area contributed by atoms with Crippen LogP contribution in [0.15, 0.2) is 85.2 Å². The fourth-order valence-electron chi connectivity index (χ4n) is 3.29. The van der Waals surface area contributed by atoms with Crippen molar-refractivity contribution in [2.75, 3.05) is 17.2 Å². The molecule has 1 aromatic heterocycles. The van der Waals surface area contributed by atoms with Crippen molar-refractivity contribution in [3.8, 4) is 0 Å². The molecule has 0 unspecified atom stereocenters. The molecule has 36 heavy (non-hydrogen) atoms. The van der Waals surface area contributed by atoms with Gasteiger partial charge in [-0.15, -0.1) is 5.10 Å². The first-order chi connectivity index (χ1) is 17.5. The first-order valence-corrected chi connectivity index (χ1v) is 10.8. The van der Waals surface area contributed by atoms with Crippen LogP contribution in [0, 0.1) is 0 Å². The Bertz CT molecular complexity index is 1390. The molecule has 1 heterocycles. The predicted molar refractivity (Wildman–Crippen MR) is 128 cm³/mol. The maximum Gasteiger partial charge on any atom is 0.340 e. The summed E-state index contributed by atoms with van der Waals surface area (Å²) in [6.07, 6.45) is 1.28. The molecule has 2 amide bonds. The molecule has 3 aromatic carbocycles. The molecule has 0 atom stereocenters. The zero-order chi connectivity index (χ0) is 25.3. The number of hydrogen-bond acceptors (Lipinski definition) is 8. The number of rotatable bonds is 9. The number of benzene rings is 3. The second-order valence-corrected chi connectivity index (χ2v) is 7.47. The highest BCUT2D eigenvalue weighted by Crippen LogP contribution is 2.20. The van der Waals surface area contributed by atoms with E-state index in [2.05, 4.69) is 26.2 Å². The van der Waals surface area contributed by atoms with Crippen LogP contribution in [0.5, 0.6) is 0 Å². The number of anilines is 2. The van der Waals surface area contributed by atoms with Gasteiger partial charge in [0.2, 0.25) is 5.91 Å². The molecule has 180 valence electrons. The summed E-state index contributed by atoms with van der Waals surface area (Å²) in [5.74, 6) is -2.15. The Morgan fingerprint density at radius 2 is 1.36 bits per heavy atom. The SMILES string of the molecule is O=C(Cn1cnnn1)Nc1ccccc1C(=O)OCC(=O)Nc1ccccc1C(=O)c1ccccc1. The number of aromatic nitrogens is 4. The third-order valence-electron chi connectivity index (χ3n) is 4.93. The fraction of sp³-hybridized carbons (Fsp3) is 0.0800. The third kappa shape index (κ3) is 6.03. The van der Waals surface area contributed by atoms with Gasteiger partial charge >= 0.3 is 5.97 Å². The summed E-state index contributed by atoms with van der Waals surface area (Å²) >= 11 is 0. The summed E-state index contributed by atoms with van der Waals surface area (Å²) in [6.45, 7) is -0.750. The number of carbonyl (C=O) groups excluding carboxylic acids is 4. The second-order valence-electron chi connectivity index (χ2n) is 7.47. The molecule has 0 spiro atoms. The molecule has 0 fully saturated rings. The number of hydrogen-bond donors (Lipinski definition) is 2. The second kappa shape index (κ2) is 11.3. The van der Waals surface area contributed by atoms with Crippen molar-refractivity contribution in [2.24, 2.45) is 0 Å². The molecule has 0 radical (unpaired) electrons. The van der Waals surface area contributed by atoms with Gasteiger partial charge in [0.15, 0.2) is 12.4 Å². The van der Waals surface area contributed by atoms with Gasteiger partial charge in [-0.1, -0.05) is 54.6 Å². The number of nitrogens with zero attached hydrogens (tertiary/aromatic N) is 4. The molecule has 0 saturated heterocycles. The lowest BCUT2D eigenvalue weighted by Gasteiger charge is -2.12. The van der Waals surface area contributed by atoms with Crippen molar-refractivity contribution >= 4 is 34.9 Å². The van der Waals surface area contributed by atoms with Crippen molar-refractivity contribution in [2.45, 2.75) is 6.54 Å². The van der Waals surface area contributed by atoms with Crippen LogP contribution in [0.1, 0.15) is 26.3 Å². The highest BCUT2D eigenvalue weighted by Gasteiger charge is 2.18. The van der Waals surface area contributed by atoms with E-state index in [9.17, 15) is 19.2 Å². The smallest absolute Gasteiger partial charge is 0.340 e. The van der Waals surface area contributed by atoms with Gasteiger partial charge in [0.05, 0.1) is 16.9 Å². The van der Waals surface area contributed by atoms with Crippen molar-refractivity contribution in [1.29, 1.82) is 0 Å². The number of nitrogens with one attached hydrogen (secondary N) is 2. The Hall–Kier alpha value is -5.19. The topological polar surface area (TPSA) is 145 Å². The summed E-state index contributed by atoms with van der Waals surface area (Å²) < 4.78 is 6.37. The number of tetrazole rings is 1. The minimum Gasteiger partial charge on any atom is -0.452 e. The van der Waals surface area contributed by atoms with E-state index in [4.69, 9.17) is 4.74 Å². The predicted octanol–water partition coefficient (Wildman–Crippen LogP) is 2.34. The number of carbonyl (C=O) groups is 4. The molecule has 2 N–H and O–H groups in total. The quantitative estimate of drug-likeness (QED) is 0.272. The Morgan fingerprint density at radius 3 is 2.06 bits per heavy atom. The van der Waals surface area contributed by atoms with E-state index in [1.807, 2.05) is 0 Å². The van der Waals surface area contributed by atoms with Crippen molar-refractivity contribution in [1.82, 2.24) is 20.2 Å². The monoisotopic (exact) mass is 484 g/mol. The average molecular weight is 484 g/mol. The fourth-order valence-corrected chi connectivity index (χ4v) is 3.29. The highest BCUT2D eigenvalue weighted by molar-refractivity contribution is 6.14. The Kier molecular flexibility index (Phi) is 7.51. The number of ether oxygens (including phenoxy) is 1. The van der Waals surface area contributed by atoms with Gasteiger partial charge in [-0.2, -0.15) is 0 Å². The molecule has 0 saturated carbocycles. The Labute approximate surface area is 205 Å². The van der Waals surface area contributed by atoms with E-state index >= 15 is 0 Å². The number of amides is 2. The molecule has 0 aliphatic heterocycles. The number of ketones is 1. The van der Waals surface area contributed by atoms with E-state index in [-0.39, 0.29) is 23.6 Å². The molecule has 11 nitrogen and oxygen atoms in total. The lowest BCUT2D eigenvalue weighted by atomic mass is 10.0. The van der Waals surface area contributed by atoms with Crippen LogP contribution in [0.4, 0.5) is 11.4 Å². The van der Waals surface area contributed by atoms with E-state index in [0.717, 1.165) is 0 Å². The minimum absolute atomic E-state index is 0.0648. The molecule has 0 bridgehead atoms. The maximum atomic E-state index is 12.8. The van der Waals surface area contributed by atoms with Crippen LogP contribution in [-0.4, -0.2) is 50.4 Å². The summed E-state index contributed by atoms with van der Waals surface area (Å²) in [5.41, 5.74) is 1.35.